The van der Waals surface area contributed by atoms with E-state index in [1.54, 1.807) is 0 Å². The van der Waals surface area contributed by atoms with Crippen molar-refractivity contribution in [3.63, 3.8) is 0 Å². The van der Waals surface area contributed by atoms with Gasteiger partial charge in [-0.3, -0.25) is 4.79 Å². The molecule has 0 aromatic heterocycles. The van der Waals surface area contributed by atoms with E-state index in [9.17, 15) is 4.79 Å². The van der Waals surface area contributed by atoms with Crippen LogP contribution in [0.3, 0.4) is 0 Å². The quantitative estimate of drug-likeness (QED) is 0.821. The van der Waals surface area contributed by atoms with Gasteiger partial charge in [0.25, 0.3) is 0 Å². The minimum absolute atomic E-state index is 0.317. The van der Waals surface area contributed by atoms with E-state index in [0.29, 0.717) is 24.0 Å². The van der Waals surface area contributed by atoms with E-state index in [1.807, 2.05) is 12.1 Å². The average Bonchev–Trinajstić information content (AvgIpc) is 2.39. The van der Waals surface area contributed by atoms with Crippen LogP contribution in [0, 0.1) is 11.8 Å². The Kier molecular flexibility index (Phi) is 5.15. The molecule has 1 saturated heterocycles. The average molecular weight is 259 g/mol. The van der Waals surface area contributed by atoms with Crippen LogP contribution in [0.5, 0.6) is 0 Å². The fraction of sp³-hybridized carbons (Fsp3) is 0.588. The number of rotatable bonds is 5. The molecule has 0 unspecified atom stereocenters. The summed E-state index contributed by atoms with van der Waals surface area (Å²) in [6, 6.07) is 8.20. The lowest BCUT2D eigenvalue weighted by molar-refractivity contribution is 0.0952. The zero-order valence-corrected chi connectivity index (χ0v) is 12.1. The summed E-state index contributed by atoms with van der Waals surface area (Å²) in [5.41, 5.74) is 2.18. The van der Waals surface area contributed by atoms with Crippen LogP contribution in [-0.4, -0.2) is 18.9 Å². The summed E-state index contributed by atoms with van der Waals surface area (Å²) in [7, 11) is 0. The van der Waals surface area contributed by atoms with Crippen LogP contribution in [0.1, 0.15) is 49.0 Å². The molecule has 1 aromatic carbocycles. The van der Waals surface area contributed by atoms with Crippen molar-refractivity contribution in [2.75, 3.05) is 13.1 Å². The molecule has 0 bridgehead atoms. The fourth-order valence-corrected chi connectivity index (χ4v) is 2.81. The molecule has 1 fully saturated rings. The smallest absolute Gasteiger partial charge is 0.163 e. The van der Waals surface area contributed by atoms with E-state index in [0.717, 1.165) is 37.9 Å². The number of hydrogen-bond acceptors (Lipinski definition) is 2. The zero-order chi connectivity index (χ0) is 13.7. The van der Waals surface area contributed by atoms with Gasteiger partial charge < -0.3 is 5.32 Å². The van der Waals surface area contributed by atoms with Crippen molar-refractivity contribution in [2.45, 2.75) is 39.5 Å². The summed E-state index contributed by atoms with van der Waals surface area (Å²) in [6.07, 6.45) is 4.04. The summed E-state index contributed by atoms with van der Waals surface area (Å²) in [6.45, 7) is 6.55. The molecule has 1 N–H and O–H groups in total. The Labute approximate surface area is 116 Å². The number of nitrogens with one attached hydrogen (secondary N) is 1. The highest BCUT2D eigenvalue weighted by molar-refractivity contribution is 5.96. The lowest BCUT2D eigenvalue weighted by atomic mass is 9.90. The lowest BCUT2D eigenvalue weighted by Crippen LogP contribution is -2.28. The first-order chi connectivity index (χ1) is 9.15. The van der Waals surface area contributed by atoms with Crippen LogP contribution in [-0.2, 0) is 6.42 Å². The highest BCUT2D eigenvalue weighted by Crippen LogP contribution is 2.20. The number of carbonyl (C=O) groups excluding carboxylic acids is 1. The van der Waals surface area contributed by atoms with Gasteiger partial charge in [-0.25, -0.2) is 0 Å². The van der Waals surface area contributed by atoms with Crippen molar-refractivity contribution >= 4 is 5.78 Å². The van der Waals surface area contributed by atoms with E-state index < -0.39 is 0 Å². The number of piperidine rings is 1. The molecule has 1 aliphatic rings. The topological polar surface area (TPSA) is 29.1 Å². The second-order valence-electron chi connectivity index (χ2n) is 6.12. The van der Waals surface area contributed by atoms with Gasteiger partial charge in [-0.05, 0) is 55.8 Å². The van der Waals surface area contributed by atoms with Crippen LogP contribution >= 0.6 is 0 Å². The Morgan fingerprint density at radius 3 is 2.74 bits per heavy atom. The molecule has 2 heteroatoms. The molecule has 0 amide bonds. The molecule has 1 aromatic rings. The molecule has 1 heterocycles. The van der Waals surface area contributed by atoms with Crippen molar-refractivity contribution in [3.05, 3.63) is 35.4 Å². The van der Waals surface area contributed by atoms with Crippen molar-refractivity contribution in [1.82, 2.24) is 5.32 Å². The maximum Gasteiger partial charge on any atom is 0.163 e. The molecule has 19 heavy (non-hydrogen) atoms. The molecule has 0 aliphatic carbocycles. The number of carbonyl (C=O) groups is 1. The van der Waals surface area contributed by atoms with Crippen LogP contribution < -0.4 is 5.32 Å². The van der Waals surface area contributed by atoms with Crippen LogP contribution in [0.15, 0.2) is 24.3 Å². The maximum atomic E-state index is 12.3. The van der Waals surface area contributed by atoms with E-state index in [2.05, 4.69) is 31.3 Å². The van der Waals surface area contributed by atoms with Gasteiger partial charge in [-0.2, -0.15) is 0 Å². The van der Waals surface area contributed by atoms with E-state index in [-0.39, 0.29) is 0 Å². The summed E-state index contributed by atoms with van der Waals surface area (Å²) >= 11 is 0. The highest BCUT2D eigenvalue weighted by atomic mass is 16.1. The summed E-state index contributed by atoms with van der Waals surface area (Å²) in [5.74, 6) is 1.52. The molecule has 0 spiro atoms. The predicted octanol–water partition coefficient (Wildman–Crippen LogP) is 3.46. The molecule has 104 valence electrons. The van der Waals surface area contributed by atoms with Crippen LogP contribution in [0.2, 0.25) is 0 Å². The molecule has 0 atom stereocenters. The molecule has 2 nitrogen and oxygen atoms in total. The Bertz CT molecular complexity index is 419. The van der Waals surface area contributed by atoms with E-state index >= 15 is 0 Å². The molecule has 2 rings (SSSR count). The Balaban J connectivity index is 1.97. The summed E-state index contributed by atoms with van der Waals surface area (Å²) in [4.78, 5) is 12.3. The third kappa shape index (κ3) is 4.46. The summed E-state index contributed by atoms with van der Waals surface area (Å²) in [5, 5.41) is 3.35. The van der Waals surface area contributed by atoms with Gasteiger partial charge in [-0.15, -0.1) is 0 Å². The van der Waals surface area contributed by atoms with Crippen molar-refractivity contribution in [2.24, 2.45) is 11.8 Å². The standard InChI is InChI=1S/C17H25NO/c1-13(2)10-15-4-3-5-16(11-15)17(19)12-14-6-8-18-9-7-14/h3-5,11,13-14,18H,6-10,12H2,1-2H3. The summed E-state index contributed by atoms with van der Waals surface area (Å²) < 4.78 is 0. The van der Waals surface area contributed by atoms with Gasteiger partial charge in [0.05, 0.1) is 0 Å². The number of benzene rings is 1. The number of hydrogen-bond donors (Lipinski definition) is 1. The van der Waals surface area contributed by atoms with Gasteiger partial charge in [0.2, 0.25) is 0 Å². The van der Waals surface area contributed by atoms with E-state index in [1.165, 1.54) is 5.56 Å². The Morgan fingerprint density at radius 2 is 2.05 bits per heavy atom. The van der Waals surface area contributed by atoms with Gasteiger partial charge in [0, 0.05) is 12.0 Å². The largest absolute Gasteiger partial charge is 0.317 e. The third-order valence-corrected chi connectivity index (χ3v) is 3.83. The number of ketones is 1. The maximum absolute atomic E-state index is 12.3. The second kappa shape index (κ2) is 6.85. The van der Waals surface area contributed by atoms with Gasteiger partial charge >= 0.3 is 0 Å². The van der Waals surface area contributed by atoms with E-state index in [4.69, 9.17) is 0 Å². The van der Waals surface area contributed by atoms with Crippen molar-refractivity contribution in [1.29, 1.82) is 0 Å². The van der Waals surface area contributed by atoms with Gasteiger partial charge in [-0.1, -0.05) is 32.0 Å². The molecular formula is C17H25NO. The monoisotopic (exact) mass is 259 g/mol. The second-order valence-corrected chi connectivity index (χ2v) is 6.12. The third-order valence-electron chi connectivity index (χ3n) is 3.83. The molecule has 0 saturated carbocycles. The highest BCUT2D eigenvalue weighted by Gasteiger charge is 2.17. The van der Waals surface area contributed by atoms with Crippen molar-refractivity contribution < 1.29 is 4.79 Å². The van der Waals surface area contributed by atoms with Crippen molar-refractivity contribution in [3.8, 4) is 0 Å². The lowest BCUT2D eigenvalue weighted by Gasteiger charge is -2.21. The molecular weight excluding hydrogens is 234 g/mol. The molecule has 0 radical (unpaired) electrons. The minimum Gasteiger partial charge on any atom is -0.317 e. The Hall–Kier alpha value is -1.15. The predicted molar refractivity (Wildman–Crippen MR) is 79.5 cm³/mol. The first kappa shape index (κ1) is 14.3. The normalized spacial score (nSPS) is 16.8. The Morgan fingerprint density at radius 1 is 1.32 bits per heavy atom. The zero-order valence-electron chi connectivity index (χ0n) is 12.1. The van der Waals surface area contributed by atoms with Gasteiger partial charge in [0.15, 0.2) is 5.78 Å². The fourth-order valence-electron chi connectivity index (χ4n) is 2.81. The number of Topliss-reactive ketones (excluding diaryl/α,β-unsaturated/α-hetero) is 1. The minimum atomic E-state index is 0.317. The first-order valence-corrected chi connectivity index (χ1v) is 7.48. The SMILES string of the molecule is CC(C)Cc1cccc(C(=O)CC2CCNCC2)c1. The van der Waals surface area contributed by atoms with Crippen LogP contribution in [0.4, 0.5) is 0 Å². The molecule has 1 aliphatic heterocycles. The van der Waals surface area contributed by atoms with Crippen LogP contribution in [0.25, 0.3) is 0 Å². The van der Waals surface area contributed by atoms with Gasteiger partial charge in [0.1, 0.15) is 0 Å². The first-order valence-electron chi connectivity index (χ1n) is 7.48.